The molecule has 2 amide bonds. The minimum atomic E-state index is -0.538. The number of methoxy groups -OCH3 is 1. The zero-order valence-corrected chi connectivity index (χ0v) is 15.7. The molecule has 0 saturated carbocycles. The second kappa shape index (κ2) is 8.08. The Morgan fingerprint density at radius 3 is 2.71 bits per heavy atom. The number of ether oxygens (including phenoxy) is 1. The van der Waals surface area contributed by atoms with Gasteiger partial charge in [-0.25, -0.2) is 0 Å². The number of amides is 2. The minimum absolute atomic E-state index is 0.0441. The average Bonchev–Trinajstić information content (AvgIpc) is 2.67. The maximum absolute atomic E-state index is 12.7. The third-order valence-corrected chi connectivity index (χ3v) is 4.86. The molecule has 0 saturated heterocycles. The fourth-order valence-corrected chi connectivity index (χ4v) is 3.53. The van der Waals surface area contributed by atoms with Crippen molar-refractivity contribution in [3.63, 3.8) is 0 Å². The van der Waals surface area contributed by atoms with Gasteiger partial charge >= 0.3 is 0 Å². The molecule has 8 heteroatoms. The van der Waals surface area contributed by atoms with Crippen molar-refractivity contribution in [3.8, 4) is 5.75 Å². The first-order valence-corrected chi connectivity index (χ1v) is 8.88. The Morgan fingerprint density at radius 2 is 2.04 bits per heavy atom. The van der Waals surface area contributed by atoms with Gasteiger partial charge in [-0.15, -0.1) is 0 Å². The molecule has 3 rings (SSSR count). The van der Waals surface area contributed by atoms with Gasteiger partial charge in [-0.3, -0.25) is 19.7 Å². The quantitative estimate of drug-likeness (QED) is 0.631. The van der Waals surface area contributed by atoms with Gasteiger partial charge in [0.1, 0.15) is 5.75 Å². The molecule has 0 radical (unpaired) electrons. The second-order valence-electron chi connectivity index (χ2n) is 6.57. The highest BCUT2D eigenvalue weighted by Gasteiger charge is 2.30. The fraction of sp³-hybridized carbons (Fsp3) is 0.300. The lowest BCUT2D eigenvalue weighted by Gasteiger charge is -2.36. The minimum Gasteiger partial charge on any atom is -0.495 e. The highest BCUT2D eigenvalue weighted by molar-refractivity contribution is 5.93. The third-order valence-electron chi connectivity index (χ3n) is 4.86. The average molecular weight is 383 g/mol. The van der Waals surface area contributed by atoms with Crippen LogP contribution in [0.3, 0.4) is 0 Å². The zero-order valence-electron chi connectivity index (χ0n) is 15.7. The maximum Gasteiger partial charge on any atom is 0.271 e. The first-order valence-electron chi connectivity index (χ1n) is 8.88. The number of hydrogen-bond donors (Lipinski definition) is 1. The van der Waals surface area contributed by atoms with Crippen LogP contribution in [0.5, 0.6) is 5.75 Å². The van der Waals surface area contributed by atoms with E-state index in [0.717, 1.165) is 17.5 Å². The Labute approximate surface area is 162 Å². The number of anilines is 1. The summed E-state index contributed by atoms with van der Waals surface area (Å²) in [5.74, 6) is -0.126. The largest absolute Gasteiger partial charge is 0.495 e. The van der Waals surface area contributed by atoms with E-state index in [2.05, 4.69) is 5.32 Å². The topological polar surface area (TPSA) is 102 Å². The van der Waals surface area contributed by atoms with Crippen LogP contribution in [0.15, 0.2) is 42.5 Å². The molecular weight excluding hydrogens is 362 g/mol. The van der Waals surface area contributed by atoms with E-state index in [0.29, 0.717) is 12.3 Å². The number of nitro benzene ring substituents is 1. The molecule has 1 heterocycles. The van der Waals surface area contributed by atoms with Gasteiger partial charge < -0.3 is 15.0 Å². The van der Waals surface area contributed by atoms with Gasteiger partial charge in [0, 0.05) is 25.6 Å². The summed E-state index contributed by atoms with van der Waals surface area (Å²) < 4.78 is 5.18. The van der Waals surface area contributed by atoms with Gasteiger partial charge in [-0.2, -0.15) is 0 Å². The van der Waals surface area contributed by atoms with Crippen molar-refractivity contribution in [2.24, 2.45) is 0 Å². The standard InChI is InChI=1S/C20H21N3O5/c1-13(24)22-10-9-14-5-3-4-6-16(14)18(22)12-20(25)21-17-11-15(23(26)27)7-8-19(17)28-2/h3-8,11,18H,9-10,12H2,1-2H3,(H,21,25). The van der Waals surface area contributed by atoms with Gasteiger partial charge in [-0.05, 0) is 23.6 Å². The highest BCUT2D eigenvalue weighted by atomic mass is 16.6. The van der Waals surface area contributed by atoms with E-state index in [1.165, 1.54) is 32.2 Å². The summed E-state index contributed by atoms with van der Waals surface area (Å²) in [7, 11) is 1.42. The fourth-order valence-electron chi connectivity index (χ4n) is 3.53. The summed E-state index contributed by atoms with van der Waals surface area (Å²) in [5.41, 5.74) is 2.14. The molecule has 1 aliphatic rings. The lowest BCUT2D eigenvalue weighted by Crippen LogP contribution is -2.40. The molecule has 2 aromatic carbocycles. The number of nitrogens with zero attached hydrogens (tertiary/aromatic N) is 2. The van der Waals surface area contributed by atoms with Crippen LogP contribution in [-0.2, 0) is 16.0 Å². The monoisotopic (exact) mass is 383 g/mol. The van der Waals surface area contributed by atoms with Crippen molar-refractivity contribution in [1.29, 1.82) is 0 Å². The summed E-state index contributed by atoms with van der Waals surface area (Å²) in [6.45, 7) is 2.03. The molecule has 28 heavy (non-hydrogen) atoms. The number of rotatable bonds is 5. The smallest absolute Gasteiger partial charge is 0.271 e. The summed E-state index contributed by atoms with van der Waals surface area (Å²) in [5, 5.41) is 13.7. The lowest BCUT2D eigenvalue weighted by molar-refractivity contribution is -0.384. The van der Waals surface area contributed by atoms with E-state index in [9.17, 15) is 19.7 Å². The van der Waals surface area contributed by atoms with Crippen LogP contribution in [0.2, 0.25) is 0 Å². The Morgan fingerprint density at radius 1 is 1.29 bits per heavy atom. The summed E-state index contributed by atoms with van der Waals surface area (Å²) in [4.78, 5) is 37.0. The molecule has 0 aromatic heterocycles. The van der Waals surface area contributed by atoms with E-state index in [-0.39, 0.29) is 35.7 Å². The van der Waals surface area contributed by atoms with Gasteiger partial charge in [0.25, 0.3) is 5.69 Å². The predicted octanol–water partition coefficient (Wildman–Crippen LogP) is 3.08. The number of non-ortho nitro benzene ring substituents is 1. The first-order chi connectivity index (χ1) is 13.4. The molecule has 0 aliphatic carbocycles. The molecule has 0 bridgehead atoms. The Hall–Kier alpha value is -3.42. The number of nitro groups is 1. The number of carbonyl (C=O) groups excluding carboxylic acids is 2. The van der Waals surface area contributed by atoms with E-state index >= 15 is 0 Å². The van der Waals surface area contributed by atoms with Crippen LogP contribution in [0.1, 0.15) is 30.5 Å². The summed E-state index contributed by atoms with van der Waals surface area (Å²) in [6.07, 6.45) is 0.787. The van der Waals surface area contributed by atoms with Crippen molar-refractivity contribution in [1.82, 2.24) is 4.90 Å². The summed E-state index contributed by atoms with van der Waals surface area (Å²) in [6, 6.07) is 11.4. The Bertz CT molecular complexity index is 928. The highest BCUT2D eigenvalue weighted by Crippen LogP contribution is 2.34. The van der Waals surface area contributed by atoms with Crippen LogP contribution in [0, 0.1) is 10.1 Å². The van der Waals surface area contributed by atoms with Crippen LogP contribution in [0.25, 0.3) is 0 Å². The molecule has 1 N–H and O–H groups in total. The number of hydrogen-bond acceptors (Lipinski definition) is 5. The molecule has 0 fully saturated rings. The van der Waals surface area contributed by atoms with Crippen molar-refractivity contribution >= 4 is 23.2 Å². The number of carbonyl (C=O) groups is 2. The Kier molecular flexibility index (Phi) is 5.58. The van der Waals surface area contributed by atoms with E-state index in [4.69, 9.17) is 4.74 Å². The third kappa shape index (κ3) is 3.95. The van der Waals surface area contributed by atoms with Crippen LogP contribution in [-0.4, -0.2) is 35.3 Å². The van der Waals surface area contributed by atoms with Crippen molar-refractivity contribution in [2.75, 3.05) is 19.0 Å². The van der Waals surface area contributed by atoms with Gasteiger partial charge in [-0.1, -0.05) is 24.3 Å². The number of benzene rings is 2. The predicted molar refractivity (Wildman–Crippen MR) is 103 cm³/mol. The van der Waals surface area contributed by atoms with Crippen LogP contribution >= 0.6 is 0 Å². The van der Waals surface area contributed by atoms with E-state index in [1.54, 1.807) is 4.90 Å². The van der Waals surface area contributed by atoms with Crippen molar-refractivity contribution in [2.45, 2.75) is 25.8 Å². The van der Waals surface area contributed by atoms with E-state index in [1.807, 2.05) is 24.3 Å². The van der Waals surface area contributed by atoms with Crippen LogP contribution in [0.4, 0.5) is 11.4 Å². The number of fused-ring (bicyclic) bond motifs is 1. The summed E-state index contributed by atoms with van der Waals surface area (Å²) >= 11 is 0. The lowest BCUT2D eigenvalue weighted by atomic mass is 9.90. The van der Waals surface area contributed by atoms with Gasteiger partial charge in [0.2, 0.25) is 11.8 Å². The van der Waals surface area contributed by atoms with Gasteiger partial charge in [0.15, 0.2) is 0 Å². The normalized spacial score (nSPS) is 15.5. The molecule has 8 nitrogen and oxygen atoms in total. The SMILES string of the molecule is COc1ccc([N+](=O)[O-])cc1NC(=O)CC1c2ccccc2CCN1C(C)=O. The molecular formula is C20H21N3O5. The first kappa shape index (κ1) is 19.3. The molecule has 2 aromatic rings. The van der Waals surface area contributed by atoms with Crippen molar-refractivity contribution in [3.05, 3.63) is 63.7 Å². The van der Waals surface area contributed by atoms with Gasteiger partial charge in [0.05, 0.1) is 30.2 Å². The molecule has 1 atom stereocenters. The molecule has 146 valence electrons. The van der Waals surface area contributed by atoms with Crippen molar-refractivity contribution < 1.29 is 19.2 Å². The molecule has 0 spiro atoms. The number of nitrogens with one attached hydrogen (secondary N) is 1. The second-order valence-corrected chi connectivity index (χ2v) is 6.57. The molecule has 1 aliphatic heterocycles. The van der Waals surface area contributed by atoms with E-state index < -0.39 is 4.92 Å². The van der Waals surface area contributed by atoms with Crippen LogP contribution < -0.4 is 10.1 Å². The Balaban J connectivity index is 1.85. The maximum atomic E-state index is 12.7. The molecule has 1 unspecified atom stereocenters. The zero-order chi connectivity index (χ0) is 20.3.